The van der Waals surface area contributed by atoms with Gasteiger partial charge in [0.1, 0.15) is 12.4 Å². The van der Waals surface area contributed by atoms with Crippen molar-refractivity contribution in [1.82, 2.24) is 14.6 Å². The summed E-state index contributed by atoms with van der Waals surface area (Å²) in [5.74, 6) is 1.07. The van der Waals surface area contributed by atoms with E-state index < -0.39 is 5.82 Å². The third kappa shape index (κ3) is 3.40. The molecule has 0 spiro atoms. The molecule has 3 aromatic rings. The maximum absolute atomic E-state index is 13.9. The Kier molecular flexibility index (Phi) is 5.07. The van der Waals surface area contributed by atoms with Crippen LogP contribution in [0.5, 0.6) is 5.75 Å². The second-order valence-electron chi connectivity index (χ2n) is 6.81. The molecule has 1 fully saturated rings. The fraction of sp³-hybridized carbons (Fsp3) is 0.400. The van der Waals surface area contributed by atoms with E-state index in [-0.39, 0.29) is 17.4 Å². The lowest BCUT2D eigenvalue weighted by atomic mass is 9.99. The normalized spacial score (nSPS) is 15.9. The third-order valence-electron chi connectivity index (χ3n) is 5.05. The summed E-state index contributed by atoms with van der Waals surface area (Å²) in [7, 11) is 0. The van der Waals surface area contributed by atoms with Gasteiger partial charge in [-0.25, -0.2) is 4.39 Å². The summed E-state index contributed by atoms with van der Waals surface area (Å²) >= 11 is 6.04. The molecular weight excluding hydrogens is 353 g/mol. The van der Waals surface area contributed by atoms with Gasteiger partial charge in [0.05, 0.1) is 5.02 Å². The first kappa shape index (κ1) is 17.3. The summed E-state index contributed by atoms with van der Waals surface area (Å²) < 4.78 is 21.6. The van der Waals surface area contributed by atoms with Gasteiger partial charge in [0, 0.05) is 17.7 Å². The lowest BCUT2D eigenvalue weighted by Gasteiger charge is -2.13. The fourth-order valence-corrected chi connectivity index (χ4v) is 3.91. The van der Waals surface area contributed by atoms with E-state index in [0.717, 1.165) is 29.9 Å². The van der Waals surface area contributed by atoms with Crippen molar-refractivity contribution in [2.45, 2.75) is 51.0 Å². The van der Waals surface area contributed by atoms with Crippen LogP contribution < -0.4 is 4.74 Å². The summed E-state index contributed by atoms with van der Waals surface area (Å²) in [6.45, 7) is 0.188. The highest BCUT2D eigenvalue weighted by atomic mass is 35.5. The Balaban J connectivity index is 1.60. The topological polar surface area (TPSA) is 39.4 Å². The van der Waals surface area contributed by atoms with Crippen LogP contribution in [0.25, 0.3) is 5.65 Å². The van der Waals surface area contributed by atoms with Crippen molar-refractivity contribution in [1.29, 1.82) is 0 Å². The molecule has 1 aliphatic carbocycles. The molecule has 0 N–H and O–H groups in total. The van der Waals surface area contributed by atoms with Gasteiger partial charge in [-0.15, -0.1) is 10.2 Å². The number of fused-ring (bicyclic) bond motifs is 1. The Bertz CT molecular complexity index is 883. The Morgan fingerprint density at radius 2 is 1.88 bits per heavy atom. The number of para-hydroxylation sites is 1. The van der Waals surface area contributed by atoms with Crippen LogP contribution in [0, 0.1) is 5.82 Å². The molecule has 136 valence electrons. The first-order chi connectivity index (χ1) is 12.7. The van der Waals surface area contributed by atoms with E-state index in [1.807, 2.05) is 18.3 Å². The number of hydrogen-bond acceptors (Lipinski definition) is 3. The largest absolute Gasteiger partial charge is 0.484 e. The molecule has 0 amide bonds. The van der Waals surface area contributed by atoms with Crippen LogP contribution in [-0.2, 0) is 6.61 Å². The first-order valence-corrected chi connectivity index (χ1v) is 9.51. The quantitative estimate of drug-likeness (QED) is 0.564. The molecule has 0 saturated heterocycles. The van der Waals surface area contributed by atoms with Crippen molar-refractivity contribution in [2.75, 3.05) is 0 Å². The van der Waals surface area contributed by atoms with Gasteiger partial charge in [-0.2, -0.15) is 0 Å². The van der Waals surface area contributed by atoms with Gasteiger partial charge >= 0.3 is 0 Å². The molecule has 2 heterocycles. The monoisotopic (exact) mass is 373 g/mol. The SMILES string of the molecule is Fc1cccc(Cl)c1OCc1cccn2c(C3CCCCCC3)nnc12. The lowest BCUT2D eigenvalue weighted by Crippen LogP contribution is -2.05. The zero-order valence-electron chi connectivity index (χ0n) is 14.5. The molecule has 26 heavy (non-hydrogen) atoms. The average Bonchev–Trinajstić information content (AvgIpc) is 2.89. The molecule has 4 nitrogen and oxygen atoms in total. The zero-order chi connectivity index (χ0) is 17.9. The van der Waals surface area contributed by atoms with E-state index in [9.17, 15) is 4.39 Å². The van der Waals surface area contributed by atoms with Crippen molar-refractivity contribution in [3.05, 3.63) is 58.8 Å². The summed E-state index contributed by atoms with van der Waals surface area (Å²) in [6.07, 6.45) is 9.40. The number of halogens is 2. The molecule has 2 aromatic heterocycles. The average molecular weight is 374 g/mol. The van der Waals surface area contributed by atoms with E-state index in [4.69, 9.17) is 16.3 Å². The Morgan fingerprint density at radius 3 is 2.65 bits per heavy atom. The second-order valence-corrected chi connectivity index (χ2v) is 7.22. The molecule has 0 bridgehead atoms. The van der Waals surface area contributed by atoms with Crippen LogP contribution >= 0.6 is 11.6 Å². The Labute approximate surface area is 157 Å². The highest BCUT2D eigenvalue weighted by molar-refractivity contribution is 6.32. The second kappa shape index (κ2) is 7.62. The highest BCUT2D eigenvalue weighted by Crippen LogP contribution is 2.32. The van der Waals surface area contributed by atoms with Gasteiger partial charge in [-0.1, -0.05) is 49.4 Å². The van der Waals surface area contributed by atoms with E-state index in [1.54, 1.807) is 12.1 Å². The molecule has 1 saturated carbocycles. The van der Waals surface area contributed by atoms with E-state index in [0.29, 0.717) is 5.92 Å². The molecule has 0 radical (unpaired) electrons. The summed E-state index contributed by atoms with van der Waals surface area (Å²) in [5, 5.41) is 9.12. The predicted octanol–water partition coefficient (Wildman–Crippen LogP) is 5.54. The van der Waals surface area contributed by atoms with Crippen LogP contribution in [-0.4, -0.2) is 14.6 Å². The zero-order valence-corrected chi connectivity index (χ0v) is 15.3. The minimum absolute atomic E-state index is 0.0691. The van der Waals surface area contributed by atoms with Gasteiger partial charge in [0.15, 0.2) is 17.2 Å². The Hall–Kier alpha value is -2.14. The number of pyridine rings is 1. The van der Waals surface area contributed by atoms with Gasteiger partial charge in [0.25, 0.3) is 0 Å². The number of rotatable bonds is 4. The third-order valence-corrected chi connectivity index (χ3v) is 5.35. The van der Waals surface area contributed by atoms with Crippen molar-refractivity contribution in [3.63, 3.8) is 0 Å². The predicted molar refractivity (Wildman–Crippen MR) is 99.2 cm³/mol. The smallest absolute Gasteiger partial charge is 0.174 e. The minimum Gasteiger partial charge on any atom is -0.484 e. The molecule has 1 aromatic carbocycles. The number of benzene rings is 1. The molecule has 0 unspecified atom stereocenters. The first-order valence-electron chi connectivity index (χ1n) is 9.13. The number of hydrogen-bond donors (Lipinski definition) is 0. The van der Waals surface area contributed by atoms with E-state index >= 15 is 0 Å². The summed E-state index contributed by atoms with van der Waals surface area (Å²) in [6, 6.07) is 8.39. The summed E-state index contributed by atoms with van der Waals surface area (Å²) in [5.41, 5.74) is 1.62. The van der Waals surface area contributed by atoms with E-state index in [1.165, 1.54) is 31.7 Å². The maximum Gasteiger partial charge on any atom is 0.174 e. The molecule has 4 rings (SSSR count). The van der Waals surface area contributed by atoms with Crippen molar-refractivity contribution in [2.24, 2.45) is 0 Å². The van der Waals surface area contributed by atoms with Gasteiger partial charge in [-0.3, -0.25) is 4.40 Å². The van der Waals surface area contributed by atoms with Gasteiger partial charge < -0.3 is 4.74 Å². The van der Waals surface area contributed by atoms with Crippen LogP contribution in [0.15, 0.2) is 36.5 Å². The molecule has 0 atom stereocenters. The Morgan fingerprint density at radius 1 is 1.08 bits per heavy atom. The van der Waals surface area contributed by atoms with Crippen molar-refractivity contribution < 1.29 is 9.13 Å². The highest BCUT2D eigenvalue weighted by Gasteiger charge is 2.21. The van der Waals surface area contributed by atoms with Gasteiger partial charge in [-0.05, 0) is 31.0 Å². The van der Waals surface area contributed by atoms with Crippen LogP contribution in [0.3, 0.4) is 0 Å². The van der Waals surface area contributed by atoms with Crippen molar-refractivity contribution in [3.8, 4) is 5.75 Å². The van der Waals surface area contributed by atoms with Crippen LogP contribution in [0.4, 0.5) is 4.39 Å². The number of nitrogens with zero attached hydrogens (tertiary/aromatic N) is 3. The number of ether oxygens (including phenoxy) is 1. The molecule has 6 heteroatoms. The van der Waals surface area contributed by atoms with Gasteiger partial charge in [0.2, 0.25) is 0 Å². The summed E-state index contributed by atoms with van der Waals surface area (Å²) in [4.78, 5) is 0. The van der Waals surface area contributed by atoms with E-state index in [2.05, 4.69) is 14.6 Å². The standard InChI is InChI=1S/C20H21ClFN3O/c21-16-10-5-11-17(22)18(16)26-13-15-9-6-12-25-19(23-24-20(15)25)14-7-3-1-2-4-8-14/h5-6,9-12,14H,1-4,7-8,13H2. The van der Waals surface area contributed by atoms with Crippen LogP contribution in [0.1, 0.15) is 55.8 Å². The van der Waals surface area contributed by atoms with Crippen LogP contribution in [0.2, 0.25) is 5.02 Å². The molecular formula is C20H21ClFN3O. The molecule has 0 aliphatic heterocycles. The fourth-order valence-electron chi connectivity index (χ4n) is 3.69. The minimum atomic E-state index is -0.468. The lowest BCUT2D eigenvalue weighted by molar-refractivity contribution is 0.291. The maximum atomic E-state index is 13.9. The number of aromatic nitrogens is 3. The van der Waals surface area contributed by atoms with Crippen molar-refractivity contribution >= 4 is 17.2 Å². The molecule has 1 aliphatic rings.